The summed E-state index contributed by atoms with van der Waals surface area (Å²) in [5.41, 5.74) is 3.35. The first kappa shape index (κ1) is 23.2. The second-order valence-corrected chi connectivity index (χ2v) is 13.2. The Morgan fingerprint density at radius 1 is 0.889 bits per heavy atom. The lowest BCUT2D eigenvalue weighted by Crippen LogP contribution is -2.37. The van der Waals surface area contributed by atoms with Gasteiger partial charge in [-0.1, -0.05) is 103 Å². The summed E-state index contributed by atoms with van der Waals surface area (Å²) in [6.07, 6.45) is 5.39. The molecule has 1 aliphatic heterocycles. The minimum Gasteiger partial charge on any atom is -0.300 e. The van der Waals surface area contributed by atoms with Gasteiger partial charge in [-0.05, 0) is 53.9 Å². The number of Topliss-reactive ketones (excluding diaryl/α,β-unsaturated/α-hetero) is 1. The number of ketones is 1. The van der Waals surface area contributed by atoms with Gasteiger partial charge in [0.05, 0.1) is 5.16 Å². The van der Waals surface area contributed by atoms with E-state index in [2.05, 4.69) is 77.5 Å². The quantitative estimate of drug-likeness (QED) is 0.274. The first-order chi connectivity index (χ1) is 17.5. The molecule has 1 aliphatic carbocycles. The van der Waals surface area contributed by atoms with Crippen molar-refractivity contribution in [2.45, 2.75) is 31.0 Å². The van der Waals surface area contributed by atoms with E-state index in [4.69, 9.17) is 0 Å². The molecule has 180 valence electrons. The number of carbonyl (C=O) groups excluding carboxylic acids is 1. The zero-order valence-electron chi connectivity index (χ0n) is 20.7. The summed E-state index contributed by atoms with van der Waals surface area (Å²) in [4.78, 5) is 12.5. The lowest BCUT2D eigenvalue weighted by molar-refractivity contribution is -0.117. The smallest absolute Gasteiger partial charge is 0.190 e. The van der Waals surface area contributed by atoms with Crippen LogP contribution in [0.4, 0.5) is 0 Å². The molecule has 4 heteroatoms. The van der Waals surface area contributed by atoms with Gasteiger partial charge in [-0.3, -0.25) is 0 Å². The molecule has 2 aliphatic rings. The molecular weight excluding hydrogens is 461 g/mol. The summed E-state index contributed by atoms with van der Waals surface area (Å²) in [6.45, 7) is 1.65. The predicted octanol–water partition coefficient (Wildman–Crippen LogP) is 7.34. The lowest BCUT2D eigenvalue weighted by Gasteiger charge is -2.43. The van der Waals surface area contributed by atoms with Gasteiger partial charge in [0.2, 0.25) is 0 Å². The summed E-state index contributed by atoms with van der Waals surface area (Å²) in [6, 6.07) is 33.1. The zero-order chi connectivity index (χ0) is 24.9. The summed E-state index contributed by atoms with van der Waals surface area (Å²) >= 11 is 0. The Bertz CT molecular complexity index is 1540. The molecule has 6 rings (SSSR count). The van der Waals surface area contributed by atoms with E-state index >= 15 is 4.57 Å². The highest BCUT2D eigenvalue weighted by atomic mass is 31.2. The molecule has 0 bridgehead atoms. The topological polar surface area (TPSA) is 37.4 Å². The maximum absolute atomic E-state index is 16.2. The molecule has 1 fully saturated rings. The van der Waals surface area contributed by atoms with Crippen LogP contribution in [-0.2, 0) is 14.5 Å². The molecule has 36 heavy (non-hydrogen) atoms. The van der Waals surface area contributed by atoms with Crippen LogP contribution in [0.2, 0.25) is 0 Å². The summed E-state index contributed by atoms with van der Waals surface area (Å²) in [5.74, 6) is 0.0920. The van der Waals surface area contributed by atoms with Crippen LogP contribution in [0.3, 0.4) is 0 Å². The van der Waals surface area contributed by atoms with Crippen LogP contribution in [0.5, 0.6) is 0 Å². The average Bonchev–Trinajstić information content (AvgIpc) is 3.12. The number of nitrogens with zero attached hydrogens (tertiary/aromatic N) is 1. The second kappa shape index (κ2) is 8.69. The molecule has 0 aromatic heterocycles. The van der Waals surface area contributed by atoms with Gasteiger partial charge < -0.3 is 9.36 Å². The fraction of sp³-hybridized carbons (Fsp3) is 0.219. The van der Waals surface area contributed by atoms with Crippen LogP contribution >= 0.6 is 7.29 Å². The molecule has 0 radical (unpaired) electrons. The van der Waals surface area contributed by atoms with E-state index in [1.807, 2.05) is 43.4 Å². The molecule has 4 aromatic rings. The molecule has 0 amide bonds. The first-order valence-corrected chi connectivity index (χ1v) is 14.3. The van der Waals surface area contributed by atoms with Crippen molar-refractivity contribution < 1.29 is 9.36 Å². The standard InChI is InChI=1S/C32H30NO2P/c1-23(34)21-22-32-28-17-9-7-12-25(28)19-20-29(32)31(26-13-4-3-5-14-26)33(2)36(32,35)30-18-10-15-24-11-6-8-16-27(24)30/h3-20,29,31H,21-22H2,1-2H3/t29-,31+,32-,36?/m1/s1. The maximum Gasteiger partial charge on any atom is 0.190 e. The molecule has 4 atom stereocenters. The fourth-order valence-corrected chi connectivity index (χ4v) is 11.1. The average molecular weight is 492 g/mol. The van der Waals surface area contributed by atoms with Crippen molar-refractivity contribution in [2.24, 2.45) is 5.92 Å². The molecular formula is C32H30NO2P. The van der Waals surface area contributed by atoms with Crippen molar-refractivity contribution in [3.05, 3.63) is 120 Å². The number of hydrogen-bond acceptors (Lipinski definition) is 2. The molecule has 0 spiro atoms. The predicted molar refractivity (Wildman–Crippen MR) is 149 cm³/mol. The molecule has 3 nitrogen and oxygen atoms in total. The van der Waals surface area contributed by atoms with E-state index in [0.29, 0.717) is 12.8 Å². The Labute approximate surface area is 212 Å². The first-order valence-electron chi connectivity index (χ1n) is 12.6. The van der Waals surface area contributed by atoms with Gasteiger partial charge in [0.1, 0.15) is 5.78 Å². The maximum atomic E-state index is 16.2. The van der Waals surface area contributed by atoms with Gasteiger partial charge in [-0.2, -0.15) is 0 Å². The number of hydrogen-bond donors (Lipinski definition) is 0. The van der Waals surface area contributed by atoms with E-state index in [1.165, 1.54) is 0 Å². The highest BCUT2D eigenvalue weighted by Gasteiger charge is 2.67. The monoisotopic (exact) mass is 491 g/mol. The van der Waals surface area contributed by atoms with Crippen LogP contribution in [0.1, 0.15) is 42.5 Å². The van der Waals surface area contributed by atoms with Crippen LogP contribution < -0.4 is 5.30 Å². The highest BCUT2D eigenvalue weighted by Crippen LogP contribution is 2.80. The van der Waals surface area contributed by atoms with Crippen molar-refractivity contribution in [1.82, 2.24) is 4.67 Å². The van der Waals surface area contributed by atoms with Crippen molar-refractivity contribution in [2.75, 3.05) is 7.05 Å². The third-order valence-corrected chi connectivity index (χ3v) is 12.3. The van der Waals surface area contributed by atoms with Crippen LogP contribution in [-0.4, -0.2) is 17.5 Å². The van der Waals surface area contributed by atoms with Gasteiger partial charge in [0, 0.05) is 23.7 Å². The van der Waals surface area contributed by atoms with Crippen molar-refractivity contribution in [1.29, 1.82) is 0 Å². The zero-order valence-corrected chi connectivity index (χ0v) is 21.6. The summed E-state index contributed by atoms with van der Waals surface area (Å²) in [5, 5.41) is 2.28. The Morgan fingerprint density at radius 2 is 1.58 bits per heavy atom. The largest absolute Gasteiger partial charge is 0.300 e. The number of fused-ring (bicyclic) bond motifs is 4. The van der Waals surface area contributed by atoms with Crippen LogP contribution in [0.25, 0.3) is 16.8 Å². The Hall–Kier alpha value is -3.26. The number of carbonyl (C=O) groups is 1. The van der Waals surface area contributed by atoms with E-state index in [0.717, 1.165) is 32.8 Å². The third-order valence-electron chi connectivity index (χ3n) is 8.28. The molecule has 1 unspecified atom stereocenters. The number of rotatable bonds is 5. The van der Waals surface area contributed by atoms with Gasteiger partial charge in [-0.15, -0.1) is 0 Å². The SMILES string of the molecule is CC(=O)CC[C@@]12c3ccccc3C=C[C@@H]1[C@H](c1ccccc1)N(C)P2(=O)c1cccc2ccccc12. The Kier molecular flexibility index (Phi) is 5.59. The van der Waals surface area contributed by atoms with E-state index in [1.54, 1.807) is 6.92 Å². The van der Waals surface area contributed by atoms with Gasteiger partial charge in [-0.25, -0.2) is 4.67 Å². The van der Waals surface area contributed by atoms with E-state index < -0.39 is 12.4 Å². The normalized spacial score (nSPS) is 27.1. The summed E-state index contributed by atoms with van der Waals surface area (Å²) in [7, 11) is -1.27. The molecule has 0 saturated carbocycles. The van der Waals surface area contributed by atoms with E-state index in [9.17, 15) is 4.79 Å². The van der Waals surface area contributed by atoms with Gasteiger partial charge in [0.25, 0.3) is 0 Å². The van der Waals surface area contributed by atoms with Crippen LogP contribution in [0.15, 0.2) is 103 Å². The lowest BCUT2D eigenvalue weighted by atomic mass is 9.71. The Morgan fingerprint density at radius 3 is 2.39 bits per heavy atom. The van der Waals surface area contributed by atoms with Crippen molar-refractivity contribution in [3.63, 3.8) is 0 Å². The van der Waals surface area contributed by atoms with Gasteiger partial charge >= 0.3 is 0 Å². The third kappa shape index (κ3) is 3.16. The van der Waals surface area contributed by atoms with Crippen LogP contribution in [0, 0.1) is 5.92 Å². The minimum absolute atomic E-state index is 0.0380. The van der Waals surface area contributed by atoms with Crippen molar-refractivity contribution >= 4 is 35.2 Å². The van der Waals surface area contributed by atoms with Crippen molar-refractivity contribution in [3.8, 4) is 0 Å². The molecule has 0 N–H and O–H groups in total. The molecule has 4 aromatic carbocycles. The molecule has 1 heterocycles. The fourth-order valence-electron chi connectivity index (χ4n) is 6.75. The van der Waals surface area contributed by atoms with E-state index in [-0.39, 0.29) is 17.7 Å². The van der Waals surface area contributed by atoms with Gasteiger partial charge in [0.15, 0.2) is 7.29 Å². The minimum atomic E-state index is -3.30. The molecule has 1 saturated heterocycles. The summed E-state index contributed by atoms with van der Waals surface area (Å²) < 4.78 is 18.4. The highest BCUT2D eigenvalue weighted by molar-refractivity contribution is 7.71. The Balaban J connectivity index is 1.73. The second-order valence-electron chi connectivity index (χ2n) is 10.1. The number of benzene rings is 4.